The third-order valence-electron chi connectivity index (χ3n) is 1.82. The molecule has 1 rings (SSSR count). The van der Waals surface area contributed by atoms with E-state index in [0.29, 0.717) is 11.5 Å². The van der Waals surface area contributed by atoms with Gasteiger partial charge in [0, 0.05) is 5.56 Å². The predicted molar refractivity (Wildman–Crippen MR) is 55.6 cm³/mol. The van der Waals surface area contributed by atoms with Crippen LogP contribution in [0.5, 0.6) is 11.5 Å². The van der Waals surface area contributed by atoms with Crippen LogP contribution in [0.3, 0.4) is 0 Å². The average Bonchev–Trinajstić information content (AvgIpc) is 2.25. The van der Waals surface area contributed by atoms with Crippen LogP contribution >= 0.6 is 0 Å². The van der Waals surface area contributed by atoms with Crippen LogP contribution in [0, 0.1) is 0 Å². The second kappa shape index (κ2) is 5.17. The Bertz CT molecular complexity index is 318. The van der Waals surface area contributed by atoms with Crippen LogP contribution in [0.2, 0.25) is 0 Å². The molecule has 0 saturated carbocycles. The summed E-state index contributed by atoms with van der Waals surface area (Å²) in [5, 5.41) is 0. The highest BCUT2D eigenvalue weighted by molar-refractivity contribution is 5.61. The number of benzene rings is 1. The van der Waals surface area contributed by atoms with Crippen molar-refractivity contribution < 1.29 is 14.2 Å². The fraction of sp³-hybridized carbons (Fsp3) is 0.273. The molecule has 0 N–H and O–H groups in total. The molecule has 0 radical (unpaired) electrons. The number of para-hydroxylation sites is 1. The summed E-state index contributed by atoms with van der Waals surface area (Å²) in [5.74, 6) is 1.43. The molecule has 76 valence electrons. The zero-order chi connectivity index (χ0) is 10.4. The number of hydrogen-bond donors (Lipinski definition) is 0. The molecular weight excluding hydrogens is 180 g/mol. The fourth-order valence-corrected chi connectivity index (χ4v) is 1.18. The van der Waals surface area contributed by atoms with E-state index in [2.05, 4.69) is 0 Å². The van der Waals surface area contributed by atoms with Gasteiger partial charge >= 0.3 is 0 Å². The highest BCUT2D eigenvalue weighted by Crippen LogP contribution is 2.31. The van der Waals surface area contributed by atoms with Crippen LogP contribution in [0.15, 0.2) is 24.5 Å². The molecule has 3 heteroatoms. The van der Waals surface area contributed by atoms with Crippen molar-refractivity contribution >= 4 is 6.08 Å². The fourth-order valence-electron chi connectivity index (χ4n) is 1.18. The number of rotatable bonds is 4. The van der Waals surface area contributed by atoms with Gasteiger partial charge in [-0.1, -0.05) is 12.1 Å². The lowest BCUT2D eigenvalue weighted by Crippen LogP contribution is -1.92. The van der Waals surface area contributed by atoms with Crippen LogP contribution in [0.4, 0.5) is 0 Å². The zero-order valence-electron chi connectivity index (χ0n) is 8.61. The highest BCUT2D eigenvalue weighted by atomic mass is 16.5. The van der Waals surface area contributed by atoms with Gasteiger partial charge in [0.25, 0.3) is 0 Å². The van der Waals surface area contributed by atoms with Gasteiger partial charge in [0.05, 0.1) is 27.6 Å². The number of ether oxygens (including phenoxy) is 3. The van der Waals surface area contributed by atoms with Crippen LogP contribution in [-0.4, -0.2) is 21.3 Å². The summed E-state index contributed by atoms with van der Waals surface area (Å²) in [6, 6.07) is 5.68. The van der Waals surface area contributed by atoms with Crippen LogP contribution in [0.1, 0.15) is 5.56 Å². The van der Waals surface area contributed by atoms with Gasteiger partial charge in [-0.25, -0.2) is 0 Å². The monoisotopic (exact) mass is 194 g/mol. The molecule has 3 nitrogen and oxygen atoms in total. The van der Waals surface area contributed by atoms with Gasteiger partial charge in [0.15, 0.2) is 11.5 Å². The minimum atomic E-state index is 0.711. The topological polar surface area (TPSA) is 27.7 Å². The lowest BCUT2D eigenvalue weighted by atomic mass is 10.2. The Morgan fingerprint density at radius 1 is 1.07 bits per heavy atom. The molecule has 0 saturated heterocycles. The van der Waals surface area contributed by atoms with Gasteiger partial charge in [-0.2, -0.15) is 0 Å². The normalized spacial score (nSPS) is 10.2. The van der Waals surface area contributed by atoms with E-state index in [4.69, 9.17) is 14.2 Å². The molecule has 0 atom stereocenters. The van der Waals surface area contributed by atoms with Crippen LogP contribution < -0.4 is 9.47 Å². The molecule has 0 bridgehead atoms. The lowest BCUT2D eigenvalue weighted by molar-refractivity contribution is 0.340. The van der Waals surface area contributed by atoms with Crippen LogP contribution in [-0.2, 0) is 4.74 Å². The maximum atomic E-state index is 5.23. The summed E-state index contributed by atoms with van der Waals surface area (Å²) in [6.07, 6.45) is 3.42. The molecule has 0 unspecified atom stereocenters. The first kappa shape index (κ1) is 10.4. The standard InChI is InChI=1S/C11H14O3/c1-12-8-7-9-5-4-6-10(13-2)11(9)14-3/h4-8H,1-3H3. The predicted octanol–water partition coefficient (Wildman–Crippen LogP) is 2.32. The maximum absolute atomic E-state index is 5.23. The van der Waals surface area contributed by atoms with Crippen molar-refractivity contribution in [3.05, 3.63) is 30.0 Å². The molecule has 0 aliphatic rings. The summed E-state index contributed by atoms with van der Waals surface area (Å²) < 4.78 is 15.2. The van der Waals surface area contributed by atoms with Crippen molar-refractivity contribution in [2.45, 2.75) is 0 Å². The van der Waals surface area contributed by atoms with Crippen molar-refractivity contribution in [2.24, 2.45) is 0 Å². The number of methoxy groups -OCH3 is 3. The lowest BCUT2D eigenvalue weighted by Gasteiger charge is -2.09. The Labute approximate surface area is 83.9 Å². The van der Waals surface area contributed by atoms with E-state index in [-0.39, 0.29) is 0 Å². The molecule has 1 aromatic carbocycles. The minimum absolute atomic E-state index is 0.711. The van der Waals surface area contributed by atoms with Crippen molar-refractivity contribution in [2.75, 3.05) is 21.3 Å². The second-order valence-electron chi connectivity index (χ2n) is 2.62. The SMILES string of the molecule is COC=Cc1cccc(OC)c1OC. The molecule has 0 spiro atoms. The minimum Gasteiger partial charge on any atom is -0.504 e. The first-order valence-electron chi connectivity index (χ1n) is 4.23. The number of hydrogen-bond acceptors (Lipinski definition) is 3. The maximum Gasteiger partial charge on any atom is 0.168 e. The van der Waals surface area contributed by atoms with Crippen LogP contribution in [0.25, 0.3) is 6.08 Å². The molecule has 0 aliphatic carbocycles. The van der Waals surface area contributed by atoms with E-state index in [9.17, 15) is 0 Å². The summed E-state index contributed by atoms with van der Waals surface area (Å²) >= 11 is 0. The molecule has 0 fully saturated rings. The molecular formula is C11H14O3. The van der Waals surface area contributed by atoms with Gasteiger partial charge < -0.3 is 14.2 Å². The zero-order valence-corrected chi connectivity index (χ0v) is 8.61. The molecule has 1 aromatic rings. The van der Waals surface area contributed by atoms with Gasteiger partial charge in [-0.15, -0.1) is 0 Å². The van der Waals surface area contributed by atoms with Gasteiger partial charge in [0.1, 0.15) is 0 Å². The van der Waals surface area contributed by atoms with Crippen molar-refractivity contribution in [3.63, 3.8) is 0 Å². The van der Waals surface area contributed by atoms with Crippen molar-refractivity contribution in [1.82, 2.24) is 0 Å². The smallest absolute Gasteiger partial charge is 0.168 e. The van der Waals surface area contributed by atoms with Crippen molar-refractivity contribution in [1.29, 1.82) is 0 Å². The third kappa shape index (κ3) is 2.19. The Kier molecular flexibility index (Phi) is 3.85. The van der Waals surface area contributed by atoms with E-state index < -0.39 is 0 Å². The third-order valence-corrected chi connectivity index (χ3v) is 1.82. The van der Waals surface area contributed by atoms with E-state index in [0.717, 1.165) is 5.56 Å². The molecule has 14 heavy (non-hydrogen) atoms. The quantitative estimate of drug-likeness (QED) is 0.688. The van der Waals surface area contributed by atoms with Gasteiger partial charge in [0.2, 0.25) is 0 Å². The van der Waals surface area contributed by atoms with E-state index in [1.807, 2.05) is 24.3 Å². The highest BCUT2D eigenvalue weighted by Gasteiger charge is 2.06. The first-order chi connectivity index (χ1) is 6.83. The molecule has 0 amide bonds. The average molecular weight is 194 g/mol. The van der Waals surface area contributed by atoms with E-state index in [1.54, 1.807) is 27.6 Å². The summed E-state index contributed by atoms with van der Waals surface area (Å²) in [7, 11) is 4.83. The Morgan fingerprint density at radius 2 is 1.86 bits per heavy atom. The Balaban J connectivity index is 3.08. The second-order valence-corrected chi connectivity index (χ2v) is 2.62. The summed E-state index contributed by atoms with van der Waals surface area (Å²) in [5.41, 5.74) is 0.925. The largest absolute Gasteiger partial charge is 0.504 e. The molecule has 0 aliphatic heterocycles. The van der Waals surface area contributed by atoms with E-state index in [1.165, 1.54) is 0 Å². The Hall–Kier alpha value is -1.64. The molecule has 0 aromatic heterocycles. The van der Waals surface area contributed by atoms with Gasteiger partial charge in [-0.05, 0) is 12.1 Å². The van der Waals surface area contributed by atoms with E-state index >= 15 is 0 Å². The Morgan fingerprint density at radius 3 is 2.43 bits per heavy atom. The summed E-state index contributed by atoms with van der Waals surface area (Å²) in [4.78, 5) is 0. The summed E-state index contributed by atoms with van der Waals surface area (Å²) in [6.45, 7) is 0. The van der Waals surface area contributed by atoms with Crippen molar-refractivity contribution in [3.8, 4) is 11.5 Å². The first-order valence-corrected chi connectivity index (χ1v) is 4.23. The van der Waals surface area contributed by atoms with Gasteiger partial charge in [-0.3, -0.25) is 0 Å². The molecule has 0 heterocycles.